The zero-order valence-corrected chi connectivity index (χ0v) is 17.2. The first-order valence-electron chi connectivity index (χ1n) is 10.2. The van der Waals surface area contributed by atoms with E-state index < -0.39 is 0 Å². The van der Waals surface area contributed by atoms with Gasteiger partial charge in [-0.25, -0.2) is 0 Å². The molecular formula is C29H24. The summed E-state index contributed by atoms with van der Waals surface area (Å²) in [5.74, 6) is 0. The quantitative estimate of drug-likeness (QED) is 0.274. The average Bonchev–Trinajstić information content (AvgIpc) is 2.75. The van der Waals surface area contributed by atoms with Gasteiger partial charge >= 0.3 is 0 Å². The van der Waals surface area contributed by atoms with E-state index in [1.165, 1.54) is 60.5 Å². The highest BCUT2D eigenvalue weighted by atomic mass is 14.2. The highest BCUT2D eigenvalue weighted by Crippen LogP contribution is 2.44. The van der Waals surface area contributed by atoms with Gasteiger partial charge in [0.2, 0.25) is 0 Å². The van der Waals surface area contributed by atoms with Crippen LogP contribution in [0.15, 0.2) is 91.0 Å². The first kappa shape index (κ1) is 17.7. The molecule has 0 atom stereocenters. The zero-order chi connectivity index (χ0) is 20.0. The van der Waals surface area contributed by atoms with Crippen molar-refractivity contribution in [3.05, 3.63) is 108 Å². The van der Waals surface area contributed by atoms with E-state index in [2.05, 4.69) is 112 Å². The number of fused-ring (bicyclic) bond motifs is 2. The van der Waals surface area contributed by atoms with Crippen LogP contribution in [0.25, 0.3) is 43.8 Å². The van der Waals surface area contributed by atoms with E-state index in [9.17, 15) is 0 Å². The lowest BCUT2D eigenvalue weighted by molar-refractivity contribution is 1.40. The van der Waals surface area contributed by atoms with Gasteiger partial charge in [-0.05, 0) is 70.1 Å². The monoisotopic (exact) mass is 372 g/mol. The van der Waals surface area contributed by atoms with Crippen LogP contribution in [0.2, 0.25) is 0 Å². The van der Waals surface area contributed by atoms with Gasteiger partial charge in [-0.1, -0.05) is 102 Å². The van der Waals surface area contributed by atoms with Gasteiger partial charge in [0.05, 0.1) is 0 Å². The van der Waals surface area contributed by atoms with Gasteiger partial charge in [0.25, 0.3) is 0 Å². The van der Waals surface area contributed by atoms with Crippen molar-refractivity contribution in [1.29, 1.82) is 0 Å². The Morgan fingerprint density at radius 2 is 0.931 bits per heavy atom. The lowest BCUT2D eigenvalue weighted by Crippen LogP contribution is -1.92. The van der Waals surface area contributed by atoms with Gasteiger partial charge in [-0.3, -0.25) is 0 Å². The molecule has 0 nitrogen and oxygen atoms in total. The summed E-state index contributed by atoms with van der Waals surface area (Å²) in [6.07, 6.45) is 0. The molecule has 0 amide bonds. The molecule has 0 aliphatic rings. The molecule has 140 valence electrons. The molecule has 0 bridgehead atoms. The largest absolute Gasteiger partial charge is 0.0616 e. The second-order valence-electron chi connectivity index (χ2n) is 8.03. The molecule has 5 aromatic rings. The predicted molar refractivity (Wildman–Crippen MR) is 127 cm³/mol. The molecule has 0 heteroatoms. The summed E-state index contributed by atoms with van der Waals surface area (Å²) >= 11 is 0. The third kappa shape index (κ3) is 2.93. The molecule has 0 aromatic heterocycles. The van der Waals surface area contributed by atoms with Crippen molar-refractivity contribution in [2.24, 2.45) is 0 Å². The molecule has 0 saturated heterocycles. The fraction of sp³-hybridized carbons (Fsp3) is 0.103. The van der Waals surface area contributed by atoms with Crippen LogP contribution in [0.5, 0.6) is 0 Å². The molecule has 0 spiro atoms. The van der Waals surface area contributed by atoms with Gasteiger partial charge in [0, 0.05) is 0 Å². The standard InChI is InChI=1S/C29H24/c1-19-13-16-22(17-14-19)28-23-8-4-6-10-25(23)29(26-11-7-5-9-24(26)28)27-18-20(2)12-15-21(27)3/h4-18H,1-3H3. The molecule has 0 aliphatic carbocycles. The molecule has 0 aliphatic heterocycles. The van der Waals surface area contributed by atoms with Gasteiger partial charge in [0.15, 0.2) is 0 Å². The molecule has 0 saturated carbocycles. The summed E-state index contributed by atoms with van der Waals surface area (Å²) in [5, 5.41) is 5.25. The van der Waals surface area contributed by atoms with E-state index in [-0.39, 0.29) is 0 Å². The summed E-state index contributed by atoms with van der Waals surface area (Å²) < 4.78 is 0. The van der Waals surface area contributed by atoms with E-state index in [1.54, 1.807) is 0 Å². The van der Waals surface area contributed by atoms with Crippen LogP contribution in [0.4, 0.5) is 0 Å². The summed E-state index contributed by atoms with van der Waals surface area (Å²) in [6.45, 7) is 6.53. The fourth-order valence-corrected chi connectivity index (χ4v) is 4.46. The highest BCUT2D eigenvalue weighted by Gasteiger charge is 2.17. The van der Waals surface area contributed by atoms with Crippen LogP contribution >= 0.6 is 0 Å². The van der Waals surface area contributed by atoms with E-state index in [1.807, 2.05) is 0 Å². The lowest BCUT2D eigenvalue weighted by atomic mass is 9.84. The molecule has 0 fully saturated rings. The van der Waals surface area contributed by atoms with Crippen molar-refractivity contribution in [1.82, 2.24) is 0 Å². The maximum Gasteiger partial charge on any atom is -0.00236 e. The molecule has 0 radical (unpaired) electrons. The maximum atomic E-state index is 2.33. The minimum absolute atomic E-state index is 1.27. The minimum atomic E-state index is 1.27. The smallest absolute Gasteiger partial charge is 0.00236 e. The van der Waals surface area contributed by atoms with Crippen molar-refractivity contribution >= 4 is 21.5 Å². The Labute approximate surface area is 172 Å². The highest BCUT2D eigenvalue weighted by molar-refractivity contribution is 6.21. The minimum Gasteiger partial charge on any atom is -0.0616 e. The van der Waals surface area contributed by atoms with E-state index in [0.717, 1.165) is 0 Å². The van der Waals surface area contributed by atoms with Crippen molar-refractivity contribution in [3.8, 4) is 22.3 Å². The van der Waals surface area contributed by atoms with Crippen LogP contribution in [0.3, 0.4) is 0 Å². The SMILES string of the molecule is Cc1ccc(-c2c3ccccc3c(-c3cc(C)ccc3C)c3ccccc23)cc1. The number of hydrogen-bond donors (Lipinski definition) is 0. The van der Waals surface area contributed by atoms with Crippen LogP contribution in [-0.4, -0.2) is 0 Å². The molecule has 5 aromatic carbocycles. The van der Waals surface area contributed by atoms with Gasteiger partial charge < -0.3 is 0 Å². The second-order valence-corrected chi connectivity index (χ2v) is 8.03. The first-order chi connectivity index (χ1) is 14.1. The molecule has 0 unspecified atom stereocenters. The summed E-state index contributed by atoms with van der Waals surface area (Å²) in [5.41, 5.74) is 9.16. The number of rotatable bonds is 2. The van der Waals surface area contributed by atoms with Crippen molar-refractivity contribution in [2.75, 3.05) is 0 Å². The lowest BCUT2D eigenvalue weighted by Gasteiger charge is -2.19. The van der Waals surface area contributed by atoms with Crippen LogP contribution in [0.1, 0.15) is 16.7 Å². The maximum absolute atomic E-state index is 2.33. The van der Waals surface area contributed by atoms with Crippen molar-refractivity contribution in [2.45, 2.75) is 20.8 Å². The Balaban J connectivity index is 2.00. The first-order valence-corrected chi connectivity index (χ1v) is 10.2. The zero-order valence-electron chi connectivity index (χ0n) is 17.2. The third-order valence-corrected chi connectivity index (χ3v) is 5.93. The predicted octanol–water partition coefficient (Wildman–Crippen LogP) is 8.25. The Morgan fingerprint density at radius 1 is 0.448 bits per heavy atom. The number of hydrogen-bond acceptors (Lipinski definition) is 0. The Hall–Kier alpha value is -3.38. The third-order valence-electron chi connectivity index (χ3n) is 5.93. The van der Waals surface area contributed by atoms with Crippen LogP contribution in [-0.2, 0) is 0 Å². The van der Waals surface area contributed by atoms with E-state index in [0.29, 0.717) is 0 Å². The Bertz CT molecular complexity index is 1300. The van der Waals surface area contributed by atoms with Gasteiger partial charge in [-0.15, -0.1) is 0 Å². The van der Waals surface area contributed by atoms with Crippen LogP contribution in [0, 0.1) is 20.8 Å². The topological polar surface area (TPSA) is 0 Å². The normalized spacial score (nSPS) is 11.3. The molecule has 0 heterocycles. The van der Waals surface area contributed by atoms with Crippen molar-refractivity contribution < 1.29 is 0 Å². The Morgan fingerprint density at radius 3 is 1.48 bits per heavy atom. The molecular weight excluding hydrogens is 348 g/mol. The second kappa shape index (κ2) is 6.90. The van der Waals surface area contributed by atoms with Gasteiger partial charge in [0.1, 0.15) is 0 Å². The summed E-state index contributed by atoms with van der Waals surface area (Å²) in [4.78, 5) is 0. The summed E-state index contributed by atoms with van der Waals surface area (Å²) in [6, 6.07) is 33.4. The average molecular weight is 373 g/mol. The van der Waals surface area contributed by atoms with Gasteiger partial charge in [-0.2, -0.15) is 0 Å². The molecule has 0 N–H and O–H groups in total. The number of aryl methyl sites for hydroxylation is 3. The number of benzene rings is 5. The fourth-order valence-electron chi connectivity index (χ4n) is 4.46. The van der Waals surface area contributed by atoms with Crippen molar-refractivity contribution in [3.63, 3.8) is 0 Å². The molecule has 5 rings (SSSR count). The summed E-state index contributed by atoms with van der Waals surface area (Å²) in [7, 11) is 0. The van der Waals surface area contributed by atoms with Crippen LogP contribution < -0.4 is 0 Å². The van der Waals surface area contributed by atoms with E-state index in [4.69, 9.17) is 0 Å². The Kier molecular flexibility index (Phi) is 4.21. The molecule has 29 heavy (non-hydrogen) atoms. The van der Waals surface area contributed by atoms with E-state index >= 15 is 0 Å².